The first kappa shape index (κ1) is 30.5. The van der Waals surface area contributed by atoms with Gasteiger partial charge in [0.2, 0.25) is 0 Å². The Bertz CT molecular complexity index is 1250. The maximum absolute atomic E-state index is 11.5. The van der Waals surface area contributed by atoms with Gasteiger partial charge in [-0.25, -0.2) is 9.68 Å². The van der Waals surface area contributed by atoms with Crippen LogP contribution in [0.4, 0.5) is 0 Å². The molecule has 0 aliphatic carbocycles. The van der Waals surface area contributed by atoms with Crippen LogP contribution in [-0.2, 0) is 32.8 Å². The third-order valence-electron chi connectivity index (χ3n) is 8.77. The van der Waals surface area contributed by atoms with Crippen LogP contribution in [0, 0.1) is 13.8 Å². The van der Waals surface area contributed by atoms with Crippen LogP contribution in [0.2, 0.25) is 0 Å². The lowest BCUT2D eigenvalue weighted by molar-refractivity contribution is -0.327. The van der Waals surface area contributed by atoms with Crippen molar-refractivity contribution in [2.45, 2.75) is 97.5 Å². The first-order valence-electron chi connectivity index (χ1n) is 14.0. The number of carbonyl (C=O) groups is 1. The molecular weight excluding hydrogens is 490 g/mol. The molecule has 210 valence electrons. The highest BCUT2D eigenvalue weighted by atomic mass is 17.1. The lowest BCUT2D eigenvalue weighted by Gasteiger charge is -2.34. The lowest BCUT2D eigenvalue weighted by atomic mass is 9.69. The van der Waals surface area contributed by atoms with Crippen LogP contribution in [0.25, 0.3) is 11.1 Å². The highest BCUT2D eigenvalue weighted by Gasteiger charge is 2.32. The maximum Gasteiger partial charge on any atom is 0.346 e. The molecule has 1 heterocycles. The van der Waals surface area contributed by atoms with Crippen molar-refractivity contribution in [2.75, 3.05) is 0 Å². The van der Waals surface area contributed by atoms with Crippen LogP contribution in [0.1, 0.15) is 93.2 Å². The van der Waals surface area contributed by atoms with Gasteiger partial charge in [0.05, 0.1) is 6.42 Å². The number of pyridine rings is 1. The van der Waals surface area contributed by atoms with E-state index < -0.39 is 11.6 Å². The van der Waals surface area contributed by atoms with Crippen molar-refractivity contribution in [1.82, 2.24) is 4.98 Å². The third-order valence-corrected chi connectivity index (χ3v) is 8.77. The van der Waals surface area contributed by atoms with Crippen LogP contribution < -0.4 is 0 Å². The number of aryl methyl sites for hydroxylation is 3. The molecule has 0 fully saturated rings. The van der Waals surface area contributed by atoms with E-state index in [1.807, 2.05) is 6.07 Å². The largest absolute Gasteiger partial charge is 0.346 e. The molecule has 0 saturated heterocycles. The number of carbonyl (C=O) groups excluding carboxylic acids is 1. The van der Waals surface area contributed by atoms with Crippen LogP contribution in [-0.4, -0.2) is 27.1 Å². The zero-order chi connectivity index (χ0) is 28.6. The van der Waals surface area contributed by atoms with Gasteiger partial charge in [-0.2, -0.15) is 5.26 Å². The van der Waals surface area contributed by atoms with Gasteiger partial charge in [0.15, 0.2) is 0 Å². The molecule has 0 aliphatic heterocycles. The molecule has 0 spiro atoms. The minimum absolute atomic E-state index is 0.0382. The Morgan fingerprint density at radius 2 is 1.49 bits per heavy atom. The summed E-state index contributed by atoms with van der Waals surface area (Å²) in [6, 6.07) is 15.4. The van der Waals surface area contributed by atoms with Gasteiger partial charge >= 0.3 is 5.97 Å². The monoisotopic (exact) mass is 533 g/mol. The van der Waals surface area contributed by atoms with Crippen LogP contribution in [0.3, 0.4) is 0 Å². The fourth-order valence-corrected chi connectivity index (χ4v) is 5.86. The van der Waals surface area contributed by atoms with Crippen molar-refractivity contribution in [3.05, 3.63) is 88.2 Å². The number of rotatable bonds is 13. The number of benzene rings is 2. The molecular formula is C33H43NO5. The molecule has 2 N–H and O–H groups in total. The van der Waals surface area contributed by atoms with Crippen molar-refractivity contribution in [2.24, 2.45) is 0 Å². The molecule has 6 heteroatoms. The maximum atomic E-state index is 11.5. The predicted molar refractivity (Wildman–Crippen MR) is 155 cm³/mol. The summed E-state index contributed by atoms with van der Waals surface area (Å²) in [7, 11) is 0. The third kappa shape index (κ3) is 6.57. The summed E-state index contributed by atoms with van der Waals surface area (Å²) < 4.78 is 0. The van der Waals surface area contributed by atoms with Crippen LogP contribution in [0.5, 0.6) is 0 Å². The predicted octanol–water partition coefficient (Wildman–Crippen LogP) is 8.01. The Kier molecular flexibility index (Phi) is 10.4. The molecule has 0 bridgehead atoms. The number of aromatic nitrogens is 1. The molecule has 3 rings (SSSR count). The molecule has 3 aromatic rings. The Morgan fingerprint density at radius 3 is 2.03 bits per heavy atom. The summed E-state index contributed by atoms with van der Waals surface area (Å²) in [6.07, 6.45) is 8.48. The summed E-state index contributed by atoms with van der Waals surface area (Å²) in [4.78, 5) is 24.5. The van der Waals surface area contributed by atoms with E-state index in [4.69, 9.17) is 10.1 Å². The van der Waals surface area contributed by atoms with Crippen molar-refractivity contribution < 1.29 is 25.1 Å². The molecule has 2 aromatic carbocycles. The average molecular weight is 534 g/mol. The van der Waals surface area contributed by atoms with E-state index in [0.29, 0.717) is 5.56 Å². The van der Waals surface area contributed by atoms with E-state index in [0.717, 1.165) is 55.2 Å². The Labute approximate surface area is 232 Å². The highest BCUT2D eigenvalue weighted by Crippen LogP contribution is 2.41. The Hall–Kier alpha value is -3.06. The molecule has 1 aromatic heterocycles. The van der Waals surface area contributed by atoms with Gasteiger partial charge in [0, 0.05) is 23.4 Å². The van der Waals surface area contributed by atoms with Gasteiger partial charge in [-0.05, 0) is 97.4 Å². The summed E-state index contributed by atoms with van der Waals surface area (Å²) in [6.45, 7) is 12.9. The van der Waals surface area contributed by atoms with Crippen molar-refractivity contribution in [3.8, 4) is 11.1 Å². The number of nitrogens with zero attached hydrogens (tertiary/aromatic N) is 1. The zero-order valence-electron chi connectivity index (χ0n) is 24.2. The Balaban J connectivity index is 1.93. The minimum Gasteiger partial charge on any atom is -0.301 e. The molecule has 0 unspecified atom stereocenters. The van der Waals surface area contributed by atoms with E-state index in [9.17, 15) is 10.1 Å². The second-order valence-corrected chi connectivity index (χ2v) is 10.7. The quantitative estimate of drug-likeness (QED) is 0.171. The lowest BCUT2D eigenvalue weighted by Crippen LogP contribution is -2.30. The average Bonchev–Trinajstić information content (AvgIpc) is 2.96. The van der Waals surface area contributed by atoms with E-state index in [-0.39, 0.29) is 11.8 Å². The van der Waals surface area contributed by atoms with E-state index in [1.165, 1.54) is 22.3 Å². The smallest absolute Gasteiger partial charge is 0.301 e. The number of hydrogen-bond acceptors (Lipinski definition) is 6. The summed E-state index contributed by atoms with van der Waals surface area (Å²) in [5.74, 6) is -0.713. The Morgan fingerprint density at radius 1 is 0.846 bits per heavy atom. The molecule has 0 atom stereocenters. The summed E-state index contributed by atoms with van der Waals surface area (Å²) >= 11 is 0. The van der Waals surface area contributed by atoms with Crippen molar-refractivity contribution >= 4 is 5.97 Å². The SMILES string of the molecule is CCC(CC)(CCc1ccc(C(CC)(CC)c2ccc(-c3cncc(CC(=O)OO)c3)c(C)c2)cc1C)OO. The van der Waals surface area contributed by atoms with Gasteiger partial charge in [0.25, 0.3) is 0 Å². The second-order valence-electron chi connectivity index (χ2n) is 10.7. The van der Waals surface area contributed by atoms with Crippen LogP contribution >= 0.6 is 0 Å². The van der Waals surface area contributed by atoms with Crippen LogP contribution in [0.15, 0.2) is 54.9 Å². The van der Waals surface area contributed by atoms with Gasteiger partial charge in [-0.3, -0.25) is 10.2 Å². The van der Waals surface area contributed by atoms with E-state index >= 15 is 0 Å². The summed E-state index contributed by atoms with van der Waals surface area (Å²) in [5, 5.41) is 18.1. The normalized spacial score (nSPS) is 12.0. The standard InChI is InChI=1S/C33H43NO5/c1-7-32(8-2,39-37)16-15-26-11-12-28(17-23(26)5)33(9-3,10-4)29-13-14-30(24(6)18-29)27-19-25(21-34-22-27)20-31(35)38-36/h11-14,17-19,21-22,36-37H,7-10,15-16,20H2,1-6H3. The molecule has 0 radical (unpaired) electrons. The first-order valence-corrected chi connectivity index (χ1v) is 14.0. The molecule has 0 saturated carbocycles. The molecule has 6 nitrogen and oxygen atoms in total. The summed E-state index contributed by atoms with van der Waals surface area (Å²) in [5.41, 5.74) is 8.31. The van der Waals surface area contributed by atoms with E-state index in [1.54, 1.807) is 12.4 Å². The first-order chi connectivity index (χ1) is 18.7. The van der Waals surface area contributed by atoms with E-state index in [2.05, 4.69) is 87.8 Å². The molecule has 0 aliphatic rings. The van der Waals surface area contributed by atoms with Gasteiger partial charge < -0.3 is 4.89 Å². The zero-order valence-corrected chi connectivity index (χ0v) is 24.2. The van der Waals surface area contributed by atoms with Gasteiger partial charge in [-0.15, -0.1) is 0 Å². The van der Waals surface area contributed by atoms with Crippen molar-refractivity contribution in [3.63, 3.8) is 0 Å². The molecule has 39 heavy (non-hydrogen) atoms. The topological polar surface area (TPSA) is 88.9 Å². The minimum atomic E-state index is -0.713. The fourth-order valence-electron chi connectivity index (χ4n) is 5.86. The molecule has 0 amide bonds. The fraction of sp³-hybridized carbons (Fsp3) is 0.455. The van der Waals surface area contributed by atoms with Gasteiger partial charge in [0.1, 0.15) is 5.60 Å². The number of hydrogen-bond donors (Lipinski definition) is 2. The second kappa shape index (κ2) is 13.3. The highest BCUT2D eigenvalue weighted by molar-refractivity contribution is 5.74. The van der Waals surface area contributed by atoms with Gasteiger partial charge in [-0.1, -0.05) is 64.1 Å². The van der Waals surface area contributed by atoms with Crippen molar-refractivity contribution in [1.29, 1.82) is 0 Å².